The first-order valence-electron chi connectivity index (χ1n) is 6.71. The Morgan fingerprint density at radius 3 is 2.48 bits per heavy atom. The Kier molecular flexibility index (Phi) is 4.08. The van der Waals surface area contributed by atoms with E-state index < -0.39 is 0 Å². The van der Waals surface area contributed by atoms with Gasteiger partial charge in [-0.15, -0.1) is 10.2 Å². The fraction of sp³-hybridized carbons (Fsp3) is 0.0625. The second-order valence-electron chi connectivity index (χ2n) is 4.68. The number of carbonyl (C=O) groups is 1. The summed E-state index contributed by atoms with van der Waals surface area (Å²) in [4.78, 5) is 17.9. The summed E-state index contributed by atoms with van der Waals surface area (Å²) in [7, 11) is 1.65. The van der Waals surface area contributed by atoms with Crippen molar-refractivity contribution in [2.24, 2.45) is 0 Å². The Morgan fingerprint density at radius 1 is 1.13 bits per heavy atom. The molecule has 0 spiro atoms. The number of nitriles is 1. The molecule has 23 heavy (non-hydrogen) atoms. The zero-order valence-electron chi connectivity index (χ0n) is 12.2. The summed E-state index contributed by atoms with van der Waals surface area (Å²) in [6.07, 6.45) is 3.37. The maximum Gasteiger partial charge on any atom is 0.259 e. The van der Waals surface area contributed by atoms with Crippen molar-refractivity contribution in [1.29, 1.82) is 5.26 Å². The maximum absolute atomic E-state index is 12.5. The Balaban J connectivity index is 1.82. The third kappa shape index (κ3) is 3.07. The topological polar surface area (TPSA) is 82.8 Å². The number of benzene rings is 1. The van der Waals surface area contributed by atoms with Crippen LogP contribution in [-0.4, -0.2) is 28.1 Å². The molecule has 3 rings (SSSR count). The van der Waals surface area contributed by atoms with Crippen molar-refractivity contribution in [2.45, 2.75) is 0 Å². The van der Waals surface area contributed by atoms with Gasteiger partial charge in [-0.3, -0.25) is 14.7 Å². The maximum atomic E-state index is 12.5. The van der Waals surface area contributed by atoms with E-state index in [0.29, 0.717) is 16.3 Å². The molecule has 0 aliphatic carbocycles. The Labute approximate surface area is 136 Å². The average Bonchev–Trinajstić information content (AvgIpc) is 3.11. The van der Waals surface area contributed by atoms with Crippen LogP contribution in [0.2, 0.25) is 0 Å². The zero-order valence-corrected chi connectivity index (χ0v) is 13.0. The van der Waals surface area contributed by atoms with Crippen LogP contribution < -0.4 is 4.90 Å². The van der Waals surface area contributed by atoms with E-state index in [1.165, 1.54) is 16.2 Å². The summed E-state index contributed by atoms with van der Waals surface area (Å²) >= 11 is 1.33. The first-order chi connectivity index (χ1) is 11.2. The van der Waals surface area contributed by atoms with E-state index in [1.54, 1.807) is 43.7 Å². The zero-order chi connectivity index (χ0) is 16.2. The molecule has 0 fully saturated rings. The lowest BCUT2D eigenvalue weighted by atomic mass is 10.1. The predicted octanol–water partition coefficient (Wildman–Crippen LogP) is 2.75. The highest BCUT2D eigenvalue weighted by atomic mass is 32.1. The van der Waals surface area contributed by atoms with Crippen molar-refractivity contribution in [3.05, 3.63) is 59.9 Å². The highest BCUT2D eigenvalue weighted by Gasteiger charge is 2.18. The molecule has 0 saturated heterocycles. The number of hydrogen-bond donors (Lipinski definition) is 0. The van der Waals surface area contributed by atoms with E-state index >= 15 is 0 Å². The molecule has 0 atom stereocenters. The van der Waals surface area contributed by atoms with Crippen molar-refractivity contribution < 1.29 is 4.79 Å². The second kappa shape index (κ2) is 6.34. The first-order valence-corrected chi connectivity index (χ1v) is 7.53. The van der Waals surface area contributed by atoms with E-state index in [2.05, 4.69) is 15.2 Å². The summed E-state index contributed by atoms with van der Waals surface area (Å²) in [5, 5.41) is 18.2. The summed E-state index contributed by atoms with van der Waals surface area (Å²) < 4.78 is 0. The van der Waals surface area contributed by atoms with Crippen molar-refractivity contribution in [3.8, 4) is 16.6 Å². The second-order valence-corrected chi connectivity index (χ2v) is 5.63. The van der Waals surface area contributed by atoms with Crippen LogP contribution in [0, 0.1) is 11.3 Å². The van der Waals surface area contributed by atoms with Gasteiger partial charge in [-0.05, 0) is 36.4 Å². The van der Waals surface area contributed by atoms with Crippen molar-refractivity contribution in [1.82, 2.24) is 15.2 Å². The van der Waals surface area contributed by atoms with Crippen LogP contribution in [0.1, 0.15) is 15.9 Å². The smallest absolute Gasteiger partial charge is 0.259 e. The average molecular weight is 321 g/mol. The predicted molar refractivity (Wildman–Crippen MR) is 87.0 cm³/mol. The van der Waals surface area contributed by atoms with Gasteiger partial charge in [0.05, 0.1) is 11.6 Å². The molecule has 3 aromatic rings. The molecule has 0 aliphatic heterocycles. The van der Waals surface area contributed by atoms with Crippen molar-refractivity contribution >= 4 is 22.4 Å². The van der Waals surface area contributed by atoms with E-state index in [4.69, 9.17) is 5.26 Å². The monoisotopic (exact) mass is 321 g/mol. The highest BCUT2D eigenvalue weighted by molar-refractivity contribution is 7.18. The number of pyridine rings is 1. The fourth-order valence-corrected chi connectivity index (χ4v) is 2.74. The third-order valence-corrected chi connectivity index (χ3v) is 4.24. The molecule has 6 nitrogen and oxygen atoms in total. The van der Waals surface area contributed by atoms with Gasteiger partial charge >= 0.3 is 0 Å². The molecule has 0 bridgehead atoms. The van der Waals surface area contributed by atoms with Gasteiger partial charge in [-0.2, -0.15) is 5.26 Å². The van der Waals surface area contributed by atoms with E-state index in [9.17, 15) is 4.79 Å². The molecule has 1 amide bonds. The van der Waals surface area contributed by atoms with Gasteiger partial charge in [-0.1, -0.05) is 11.3 Å². The van der Waals surface area contributed by atoms with Gasteiger partial charge < -0.3 is 0 Å². The minimum absolute atomic E-state index is 0.202. The van der Waals surface area contributed by atoms with E-state index in [-0.39, 0.29) is 5.91 Å². The third-order valence-electron chi connectivity index (χ3n) is 3.19. The molecule has 2 heterocycles. The number of amides is 1. The first kappa shape index (κ1) is 14.8. The molecule has 2 aromatic heterocycles. The van der Waals surface area contributed by atoms with Crippen LogP contribution in [0.15, 0.2) is 48.8 Å². The van der Waals surface area contributed by atoms with Crippen LogP contribution in [0.25, 0.3) is 10.6 Å². The molecule has 0 aliphatic rings. The molecule has 0 N–H and O–H groups in total. The largest absolute Gasteiger partial charge is 0.286 e. The highest BCUT2D eigenvalue weighted by Crippen LogP contribution is 2.28. The van der Waals surface area contributed by atoms with Crippen LogP contribution in [0.3, 0.4) is 0 Å². The van der Waals surface area contributed by atoms with Crippen LogP contribution in [-0.2, 0) is 0 Å². The molecule has 7 heteroatoms. The van der Waals surface area contributed by atoms with Gasteiger partial charge in [-0.25, -0.2) is 0 Å². The minimum atomic E-state index is -0.202. The summed E-state index contributed by atoms with van der Waals surface area (Å²) in [5.41, 5.74) is 1.91. The molecule has 0 saturated carbocycles. The number of rotatable bonds is 3. The van der Waals surface area contributed by atoms with Gasteiger partial charge in [0.25, 0.3) is 5.91 Å². The lowest BCUT2D eigenvalue weighted by Gasteiger charge is -2.12. The number of aromatic nitrogens is 3. The summed E-state index contributed by atoms with van der Waals surface area (Å²) in [6.45, 7) is 0. The van der Waals surface area contributed by atoms with Crippen LogP contribution in [0.4, 0.5) is 5.13 Å². The number of anilines is 1. The normalized spacial score (nSPS) is 10.1. The lowest BCUT2D eigenvalue weighted by molar-refractivity contribution is 0.0993. The quantitative estimate of drug-likeness (QED) is 0.740. The van der Waals surface area contributed by atoms with Crippen molar-refractivity contribution in [2.75, 3.05) is 11.9 Å². The van der Waals surface area contributed by atoms with E-state index in [0.717, 1.165) is 10.6 Å². The Hall–Kier alpha value is -3.11. The van der Waals surface area contributed by atoms with Crippen LogP contribution in [0.5, 0.6) is 0 Å². The molecule has 1 aromatic carbocycles. The standard InChI is InChI=1S/C16H11N5OS/c1-21(15(22)13-4-2-11(10-17)3-5-13)16-20-19-14(23-16)12-6-8-18-9-7-12/h2-9H,1H3. The van der Waals surface area contributed by atoms with Gasteiger partial charge in [0.2, 0.25) is 5.13 Å². The SMILES string of the molecule is CN(C(=O)c1ccc(C#N)cc1)c1nnc(-c2ccncc2)s1. The van der Waals surface area contributed by atoms with Crippen LogP contribution >= 0.6 is 11.3 Å². The van der Waals surface area contributed by atoms with E-state index in [1.807, 2.05) is 18.2 Å². The number of carbonyl (C=O) groups excluding carboxylic acids is 1. The number of hydrogen-bond acceptors (Lipinski definition) is 6. The Bertz CT molecular complexity index is 867. The lowest BCUT2D eigenvalue weighted by Crippen LogP contribution is -2.26. The summed E-state index contributed by atoms with van der Waals surface area (Å²) in [5.74, 6) is -0.202. The molecular formula is C16H11N5OS. The molecular weight excluding hydrogens is 310 g/mol. The minimum Gasteiger partial charge on any atom is -0.286 e. The van der Waals surface area contributed by atoms with Gasteiger partial charge in [0.1, 0.15) is 5.01 Å². The summed E-state index contributed by atoms with van der Waals surface area (Å²) in [6, 6.07) is 12.2. The van der Waals surface area contributed by atoms with Crippen molar-refractivity contribution in [3.63, 3.8) is 0 Å². The fourth-order valence-electron chi connectivity index (χ4n) is 1.93. The number of nitrogens with zero attached hydrogens (tertiary/aromatic N) is 5. The molecule has 112 valence electrons. The van der Waals surface area contributed by atoms with Gasteiger partial charge in [0, 0.05) is 30.6 Å². The molecule has 0 radical (unpaired) electrons. The van der Waals surface area contributed by atoms with Gasteiger partial charge in [0.15, 0.2) is 0 Å². The molecule has 0 unspecified atom stereocenters. The Morgan fingerprint density at radius 2 is 1.83 bits per heavy atom.